The quantitative estimate of drug-likeness (QED) is 0.835. The lowest BCUT2D eigenvalue weighted by molar-refractivity contribution is 0.0643. The summed E-state index contributed by atoms with van der Waals surface area (Å²) >= 11 is 1.93. The molecule has 5 nitrogen and oxygen atoms in total. The SMILES string of the molecule is Cn1cccc(C(=O)N2CCCSCC2CN2CCCCC2)c1=O. The number of pyridine rings is 1. The molecule has 0 aromatic carbocycles. The maximum absolute atomic E-state index is 13.1. The van der Waals surface area contributed by atoms with Gasteiger partial charge in [-0.25, -0.2) is 0 Å². The third-order valence-electron chi connectivity index (χ3n) is 4.97. The number of amides is 1. The first-order chi connectivity index (χ1) is 11.7. The number of carbonyl (C=O) groups is 1. The highest BCUT2D eigenvalue weighted by Crippen LogP contribution is 2.20. The van der Waals surface area contributed by atoms with Gasteiger partial charge in [0.1, 0.15) is 5.56 Å². The Morgan fingerprint density at radius 1 is 1.21 bits per heavy atom. The van der Waals surface area contributed by atoms with E-state index in [2.05, 4.69) is 4.90 Å². The fourth-order valence-corrected chi connectivity index (χ4v) is 4.66. The molecule has 0 bridgehead atoms. The van der Waals surface area contributed by atoms with Crippen LogP contribution in [0.15, 0.2) is 23.1 Å². The van der Waals surface area contributed by atoms with E-state index in [1.807, 2.05) is 16.7 Å². The van der Waals surface area contributed by atoms with Crippen molar-refractivity contribution in [3.05, 3.63) is 34.2 Å². The minimum Gasteiger partial charge on any atom is -0.333 e. The lowest BCUT2D eigenvalue weighted by Crippen LogP contribution is -2.50. The largest absolute Gasteiger partial charge is 0.333 e. The second-order valence-corrected chi connectivity index (χ2v) is 7.93. The lowest BCUT2D eigenvalue weighted by Gasteiger charge is -2.35. The van der Waals surface area contributed by atoms with Gasteiger partial charge in [-0.05, 0) is 50.2 Å². The number of piperidine rings is 1. The van der Waals surface area contributed by atoms with Gasteiger partial charge in [-0.2, -0.15) is 11.8 Å². The van der Waals surface area contributed by atoms with Gasteiger partial charge in [-0.15, -0.1) is 0 Å². The van der Waals surface area contributed by atoms with Gasteiger partial charge < -0.3 is 14.4 Å². The number of likely N-dealkylation sites (tertiary alicyclic amines) is 1. The van der Waals surface area contributed by atoms with Crippen molar-refractivity contribution in [3.63, 3.8) is 0 Å². The first kappa shape index (κ1) is 17.5. The highest BCUT2D eigenvalue weighted by Gasteiger charge is 2.29. The summed E-state index contributed by atoms with van der Waals surface area (Å²) in [6.07, 6.45) is 6.53. The van der Waals surface area contributed by atoms with E-state index in [-0.39, 0.29) is 17.5 Å². The van der Waals surface area contributed by atoms with Crippen LogP contribution in [0.3, 0.4) is 0 Å². The Hall–Kier alpha value is -1.27. The van der Waals surface area contributed by atoms with Gasteiger partial charge >= 0.3 is 0 Å². The van der Waals surface area contributed by atoms with Crippen molar-refractivity contribution in [2.45, 2.75) is 31.7 Å². The van der Waals surface area contributed by atoms with Crippen molar-refractivity contribution in [3.8, 4) is 0 Å². The topological polar surface area (TPSA) is 45.6 Å². The molecule has 0 saturated carbocycles. The van der Waals surface area contributed by atoms with Gasteiger partial charge in [-0.1, -0.05) is 6.42 Å². The second-order valence-electron chi connectivity index (χ2n) is 6.78. The van der Waals surface area contributed by atoms with Crippen LogP contribution in [0.4, 0.5) is 0 Å². The molecule has 24 heavy (non-hydrogen) atoms. The third-order valence-corrected chi connectivity index (χ3v) is 6.17. The normalized spacial score (nSPS) is 23.0. The summed E-state index contributed by atoms with van der Waals surface area (Å²) in [6.45, 7) is 3.96. The van der Waals surface area contributed by atoms with E-state index in [0.717, 1.165) is 44.1 Å². The van der Waals surface area contributed by atoms with E-state index in [0.29, 0.717) is 5.56 Å². The Balaban J connectivity index is 1.79. The van der Waals surface area contributed by atoms with Crippen LogP contribution in [-0.4, -0.2) is 64.0 Å². The van der Waals surface area contributed by atoms with Crippen molar-refractivity contribution in [2.75, 3.05) is 37.7 Å². The average Bonchev–Trinajstić information content (AvgIpc) is 2.83. The highest BCUT2D eigenvalue weighted by molar-refractivity contribution is 7.99. The average molecular weight is 350 g/mol. The molecular weight excluding hydrogens is 322 g/mol. The zero-order valence-corrected chi connectivity index (χ0v) is 15.3. The molecule has 1 unspecified atom stereocenters. The van der Waals surface area contributed by atoms with Crippen LogP contribution in [0.5, 0.6) is 0 Å². The summed E-state index contributed by atoms with van der Waals surface area (Å²) in [5.74, 6) is 1.96. The fourth-order valence-electron chi connectivity index (χ4n) is 3.60. The summed E-state index contributed by atoms with van der Waals surface area (Å²) in [5, 5.41) is 0. The van der Waals surface area contributed by atoms with Crippen molar-refractivity contribution in [1.82, 2.24) is 14.4 Å². The molecular formula is C18H27N3O2S. The summed E-state index contributed by atoms with van der Waals surface area (Å²) in [5.41, 5.74) is 0.103. The second kappa shape index (κ2) is 8.21. The molecule has 3 heterocycles. The van der Waals surface area contributed by atoms with Crippen LogP contribution < -0.4 is 5.56 Å². The minimum absolute atomic E-state index is 0.0966. The molecule has 1 aromatic rings. The van der Waals surface area contributed by atoms with E-state index < -0.39 is 0 Å². The monoisotopic (exact) mass is 349 g/mol. The van der Waals surface area contributed by atoms with Gasteiger partial charge in [-0.3, -0.25) is 9.59 Å². The number of rotatable bonds is 3. The van der Waals surface area contributed by atoms with Crippen molar-refractivity contribution in [1.29, 1.82) is 0 Å². The zero-order chi connectivity index (χ0) is 16.9. The molecule has 1 amide bonds. The third kappa shape index (κ3) is 4.03. The van der Waals surface area contributed by atoms with Crippen molar-refractivity contribution >= 4 is 17.7 Å². The number of carbonyl (C=O) groups excluding carboxylic acids is 1. The predicted molar refractivity (Wildman–Crippen MR) is 98.7 cm³/mol. The van der Waals surface area contributed by atoms with Gasteiger partial charge in [0.2, 0.25) is 0 Å². The van der Waals surface area contributed by atoms with Crippen LogP contribution in [-0.2, 0) is 7.05 Å². The molecule has 132 valence electrons. The van der Waals surface area contributed by atoms with Crippen molar-refractivity contribution in [2.24, 2.45) is 7.05 Å². The van der Waals surface area contributed by atoms with E-state index >= 15 is 0 Å². The minimum atomic E-state index is -0.198. The van der Waals surface area contributed by atoms with Gasteiger partial charge in [0, 0.05) is 32.1 Å². The van der Waals surface area contributed by atoms with Crippen LogP contribution in [0, 0.1) is 0 Å². The molecule has 2 saturated heterocycles. The van der Waals surface area contributed by atoms with Crippen LogP contribution in [0.25, 0.3) is 0 Å². The molecule has 2 aliphatic rings. The highest BCUT2D eigenvalue weighted by atomic mass is 32.2. The Labute approximate surface area is 148 Å². The summed E-state index contributed by atoms with van der Waals surface area (Å²) < 4.78 is 1.49. The van der Waals surface area contributed by atoms with Crippen molar-refractivity contribution < 1.29 is 4.79 Å². The molecule has 6 heteroatoms. The summed E-state index contributed by atoms with van der Waals surface area (Å²) in [6, 6.07) is 3.65. The molecule has 0 radical (unpaired) electrons. The van der Waals surface area contributed by atoms with Crippen LogP contribution in [0.2, 0.25) is 0 Å². The van der Waals surface area contributed by atoms with Gasteiger partial charge in [0.25, 0.3) is 11.5 Å². The number of hydrogen-bond acceptors (Lipinski definition) is 4. The number of aryl methyl sites for hydroxylation is 1. The smallest absolute Gasteiger partial charge is 0.263 e. The maximum atomic E-state index is 13.1. The van der Waals surface area contributed by atoms with E-state index in [1.165, 1.54) is 23.8 Å². The lowest BCUT2D eigenvalue weighted by atomic mass is 10.1. The first-order valence-corrected chi connectivity index (χ1v) is 10.1. The number of thioether (sulfide) groups is 1. The summed E-state index contributed by atoms with van der Waals surface area (Å²) in [7, 11) is 1.70. The van der Waals surface area contributed by atoms with E-state index in [4.69, 9.17) is 0 Å². The molecule has 0 N–H and O–H groups in total. The number of aromatic nitrogens is 1. The molecule has 2 fully saturated rings. The Bertz CT molecular complexity index is 625. The fraction of sp³-hybridized carbons (Fsp3) is 0.667. The molecule has 0 aliphatic carbocycles. The summed E-state index contributed by atoms with van der Waals surface area (Å²) in [4.78, 5) is 29.9. The molecule has 3 rings (SSSR count). The molecule has 0 spiro atoms. The predicted octanol–water partition coefficient (Wildman–Crippen LogP) is 1.82. The maximum Gasteiger partial charge on any atom is 0.263 e. The van der Waals surface area contributed by atoms with Gasteiger partial charge in [0.05, 0.1) is 6.04 Å². The van der Waals surface area contributed by atoms with Crippen LogP contribution >= 0.6 is 11.8 Å². The molecule has 1 aromatic heterocycles. The number of hydrogen-bond donors (Lipinski definition) is 0. The first-order valence-electron chi connectivity index (χ1n) is 8.93. The number of nitrogens with zero attached hydrogens (tertiary/aromatic N) is 3. The molecule has 2 aliphatic heterocycles. The van der Waals surface area contributed by atoms with E-state index in [1.54, 1.807) is 25.4 Å². The Kier molecular flexibility index (Phi) is 6.00. The Morgan fingerprint density at radius 2 is 2.00 bits per heavy atom. The zero-order valence-electron chi connectivity index (χ0n) is 14.4. The molecule has 1 atom stereocenters. The standard InChI is InChI=1S/C18H27N3O2S/c1-19-8-5-7-16(17(19)22)18(23)21-11-6-12-24-14-15(21)13-20-9-3-2-4-10-20/h5,7-8,15H,2-4,6,9-14H2,1H3. The van der Waals surface area contributed by atoms with Crippen LogP contribution in [0.1, 0.15) is 36.0 Å². The Morgan fingerprint density at radius 3 is 2.79 bits per heavy atom. The van der Waals surface area contributed by atoms with E-state index in [9.17, 15) is 9.59 Å². The van der Waals surface area contributed by atoms with Gasteiger partial charge in [0.15, 0.2) is 0 Å².